The van der Waals surface area contributed by atoms with Crippen LogP contribution in [0.15, 0.2) is 144 Å². The summed E-state index contributed by atoms with van der Waals surface area (Å²) in [6.07, 6.45) is 8.07. The summed E-state index contributed by atoms with van der Waals surface area (Å²) in [6, 6.07) is 30.1. The number of nitrogens with zero attached hydrogens (tertiary/aromatic N) is 2. The van der Waals surface area contributed by atoms with Gasteiger partial charge in [-0.15, -0.1) is 0 Å². The molecule has 3 amide bonds. The van der Waals surface area contributed by atoms with Gasteiger partial charge in [-0.1, -0.05) is 139 Å². The van der Waals surface area contributed by atoms with Gasteiger partial charge in [0.05, 0.1) is 23.4 Å². The molecule has 0 fully saturated rings. The Balaban J connectivity index is 1.42. The van der Waals surface area contributed by atoms with Gasteiger partial charge in [-0.2, -0.15) is 4.99 Å². The standard InChI is InChI=1S/C43H40ClN3O5S/c1-5-8-19-34(6-2)47-42(50)35(24-31-25-36(44)40(37(26-31)51-7-3)52-27-30-22-20-29(4)21-23-30)41(49)46-43(47)53-28-38(48)45-39(32-15-11-9-12-16-32)33-17-13-10-14-18-33/h5-6,8-26,39H,1,7,27-28H2,2-4H3,(H,45,48)/b19-8-,34-6+,35-24+. The number of benzene rings is 4. The molecule has 0 atom stereocenters. The van der Waals surface area contributed by atoms with Gasteiger partial charge >= 0.3 is 0 Å². The lowest BCUT2D eigenvalue weighted by Gasteiger charge is -2.28. The molecule has 0 radical (unpaired) electrons. The number of aliphatic imine (C=N–C) groups is 1. The number of carbonyl (C=O) groups is 3. The van der Waals surface area contributed by atoms with Crippen LogP contribution in [0.25, 0.3) is 6.08 Å². The molecule has 10 heteroatoms. The number of aryl methyl sites for hydroxylation is 1. The molecule has 0 bridgehead atoms. The lowest BCUT2D eigenvalue weighted by Crippen LogP contribution is -2.42. The van der Waals surface area contributed by atoms with E-state index in [1.54, 1.807) is 43.4 Å². The summed E-state index contributed by atoms with van der Waals surface area (Å²) in [5, 5.41) is 3.42. The maximum absolute atomic E-state index is 14.2. The lowest BCUT2D eigenvalue weighted by molar-refractivity contribution is -0.126. The highest BCUT2D eigenvalue weighted by Crippen LogP contribution is 2.38. The molecular weight excluding hydrogens is 706 g/mol. The summed E-state index contributed by atoms with van der Waals surface area (Å²) >= 11 is 7.70. The second-order valence-corrected chi connectivity index (χ2v) is 13.2. The van der Waals surface area contributed by atoms with Crippen molar-refractivity contribution in [2.75, 3.05) is 12.4 Å². The molecular formula is C43H40ClN3O5S. The van der Waals surface area contributed by atoms with Crippen LogP contribution >= 0.6 is 23.4 Å². The summed E-state index contributed by atoms with van der Waals surface area (Å²) in [5.41, 5.74) is 4.63. The Morgan fingerprint density at radius 2 is 1.64 bits per heavy atom. The van der Waals surface area contributed by atoms with E-state index in [1.807, 2.05) is 98.8 Å². The molecule has 0 saturated carbocycles. The molecule has 4 aromatic carbocycles. The van der Waals surface area contributed by atoms with Crippen LogP contribution in [0.3, 0.4) is 0 Å². The lowest BCUT2D eigenvalue weighted by atomic mass is 9.99. The summed E-state index contributed by atoms with van der Waals surface area (Å²) < 4.78 is 11.9. The summed E-state index contributed by atoms with van der Waals surface area (Å²) in [7, 11) is 0. The number of allylic oxidation sites excluding steroid dienone is 4. The van der Waals surface area contributed by atoms with Crippen molar-refractivity contribution in [3.8, 4) is 11.5 Å². The number of ether oxygens (including phenoxy) is 2. The van der Waals surface area contributed by atoms with Gasteiger partial charge in [0.15, 0.2) is 16.7 Å². The van der Waals surface area contributed by atoms with Crippen molar-refractivity contribution in [3.63, 3.8) is 0 Å². The minimum absolute atomic E-state index is 0.0676. The van der Waals surface area contributed by atoms with E-state index in [0.717, 1.165) is 34.0 Å². The van der Waals surface area contributed by atoms with Crippen molar-refractivity contribution < 1.29 is 23.9 Å². The van der Waals surface area contributed by atoms with E-state index >= 15 is 0 Å². The molecule has 0 aromatic heterocycles. The van der Waals surface area contributed by atoms with Crippen LogP contribution in [0.2, 0.25) is 5.02 Å². The first-order valence-corrected chi connectivity index (χ1v) is 18.4. The number of halogens is 1. The van der Waals surface area contributed by atoms with Crippen LogP contribution in [-0.4, -0.2) is 40.1 Å². The molecule has 8 nitrogen and oxygen atoms in total. The van der Waals surface area contributed by atoms with Crippen LogP contribution in [0.1, 0.15) is 47.7 Å². The van der Waals surface area contributed by atoms with E-state index in [2.05, 4.69) is 16.9 Å². The van der Waals surface area contributed by atoms with Crippen LogP contribution in [0, 0.1) is 6.92 Å². The van der Waals surface area contributed by atoms with Crippen molar-refractivity contribution in [2.45, 2.75) is 33.4 Å². The maximum atomic E-state index is 14.2. The number of hydrogen-bond donors (Lipinski definition) is 1. The minimum atomic E-state index is -0.752. The fraction of sp³-hybridized carbons (Fsp3) is 0.163. The first-order valence-electron chi connectivity index (χ1n) is 17.0. The maximum Gasteiger partial charge on any atom is 0.285 e. The molecule has 1 N–H and O–H groups in total. The minimum Gasteiger partial charge on any atom is -0.490 e. The van der Waals surface area contributed by atoms with E-state index in [1.165, 1.54) is 11.0 Å². The molecule has 53 heavy (non-hydrogen) atoms. The van der Waals surface area contributed by atoms with Gasteiger partial charge in [-0.25, -0.2) is 0 Å². The Labute approximate surface area is 319 Å². The molecule has 4 aromatic rings. The summed E-state index contributed by atoms with van der Waals surface area (Å²) in [5.74, 6) is -1.06. The molecule has 1 aliphatic rings. The average molecular weight is 746 g/mol. The van der Waals surface area contributed by atoms with Gasteiger partial charge in [-0.05, 0) is 67.3 Å². The first kappa shape index (κ1) is 38.6. The predicted molar refractivity (Wildman–Crippen MR) is 214 cm³/mol. The van der Waals surface area contributed by atoms with Crippen molar-refractivity contribution in [2.24, 2.45) is 4.99 Å². The summed E-state index contributed by atoms with van der Waals surface area (Å²) in [4.78, 5) is 46.9. The Kier molecular flexibility index (Phi) is 13.6. The Hall–Kier alpha value is -5.64. The van der Waals surface area contributed by atoms with E-state index in [4.69, 9.17) is 21.1 Å². The second kappa shape index (κ2) is 18.7. The van der Waals surface area contributed by atoms with Crippen molar-refractivity contribution in [1.82, 2.24) is 10.2 Å². The average Bonchev–Trinajstić information content (AvgIpc) is 3.16. The topological polar surface area (TPSA) is 97.3 Å². The molecule has 5 rings (SSSR count). The van der Waals surface area contributed by atoms with E-state index in [0.29, 0.717) is 29.4 Å². The number of rotatable bonds is 14. The van der Waals surface area contributed by atoms with Gasteiger partial charge in [0.2, 0.25) is 5.91 Å². The van der Waals surface area contributed by atoms with Gasteiger partial charge in [-0.3, -0.25) is 19.3 Å². The molecule has 1 heterocycles. The smallest absolute Gasteiger partial charge is 0.285 e. The zero-order valence-corrected chi connectivity index (χ0v) is 31.3. The fourth-order valence-electron chi connectivity index (χ4n) is 5.47. The third kappa shape index (κ3) is 10.0. The van der Waals surface area contributed by atoms with E-state index in [9.17, 15) is 14.4 Å². The highest BCUT2D eigenvalue weighted by molar-refractivity contribution is 8.14. The van der Waals surface area contributed by atoms with Gasteiger partial charge in [0, 0.05) is 5.70 Å². The zero-order chi connectivity index (χ0) is 37.7. The number of amides is 3. The Morgan fingerprint density at radius 1 is 0.981 bits per heavy atom. The molecule has 0 aliphatic carbocycles. The van der Waals surface area contributed by atoms with E-state index in [-0.39, 0.29) is 34.0 Å². The highest BCUT2D eigenvalue weighted by Gasteiger charge is 2.35. The van der Waals surface area contributed by atoms with Crippen LogP contribution in [-0.2, 0) is 21.0 Å². The van der Waals surface area contributed by atoms with E-state index < -0.39 is 17.9 Å². The van der Waals surface area contributed by atoms with Crippen molar-refractivity contribution in [1.29, 1.82) is 0 Å². The Bertz CT molecular complexity index is 2040. The van der Waals surface area contributed by atoms with Crippen LogP contribution in [0.5, 0.6) is 11.5 Å². The number of thioether (sulfide) groups is 1. The van der Waals surface area contributed by atoms with Crippen LogP contribution < -0.4 is 14.8 Å². The largest absolute Gasteiger partial charge is 0.490 e. The zero-order valence-electron chi connectivity index (χ0n) is 29.8. The molecule has 0 saturated heterocycles. The summed E-state index contributed by atoms with van der Waals surface area (Å²) in [6.45, 7) is 9.95. The fourth-order valence-corrected chi connectivity index (χ4v) is 6.56. The van der Waals surface area contributed by atoms with Crippen LogP contribution in [0.4, 0.5) is 0 Å². The molecule has 270 valence electrons. The third-order valence-corrected chi connectivity index (χ3v) is 9.28. The number of hydrogen-bond acceptors (Lipinski definition) is 6. The normalized spacial score (nSPS) is 14.1. The third-order valence-electron chi connectivity index (χ3n) is 8.06. The molecule has 0 unspecified atom stereocenters. The Morgan fingerprint density at radius 3 is 2.25 bits per heavy atom. The highest BCUT2D eigenvalue weighted by atomic mass is 35.5. The second-order valence-electron chi connectivity index (χ2n) is 11.9. The quantitative estimate of drug-likeness (QED) is 0.0787. The number of carbonyl (C=O) groups excluding carboxylic acids is 3. The van der Waals surface area contributed by atoms with Gasteiger partial charge < -0.3 is 14.8 Å². The molecule has 0 spiro atoms. The monoisotopic (exact) mass is 745 g/mol. The van der Waals surface area contributed by atoms with Crippen molar-refractivity contribution in [3.05, 3.63) is 172 Å². The molecule has 1 aliphatic heterocycles. The number of amidine groups is 1. The SMILES string of the molecule is C=C/C=C\C(=C/C)N1C(=O)/C(=C/c2cc(Cl)c(OCc3ccc(C)cc3)c(OCC)c2)C(=O)N=C1SCC(=O)NC(c1ccccc1)c1ccccc1. The van der Waals surface area contributed by atoms with Gasteiger partial charge in [0.1, 0.15) is 12.2 Å². The van der Waals surface area contributed by atoms with Gasteiger partial charge in [0.25, 0.3) is 11.8 Å². The first-order chi connectivity index (χ1) is 25.7. The predicted octanol–water partition coefficient (Wildman–Crippen LogP) is 9.02. The number of nitrogens with one attached hydrogen (secondary N) is 1. The van der Waals surface area contributed by atoms with Crippen molar-refractivity contribution >= 4 is 52.3 Å².